The van der Waals surface area contributed by atoms with Gasteiger partial charge in [-0.3, -0.25) is 4.79 Å². The number of nitrogens with one attached hydrogen (secondary N) is 2. The second kappa shape index (κ2) is 6.21. The number of aliphatic carboxylic acids is 1. The van der Waals surface area contributed by atoms with Gasteiger partial charge < -0.3 is 20.3 Å². The smallest absolute Gasteiger partial charge is 0.315 e. The monoisotopic (exact) mass is 268 g/mol. The van der Waals surface area contributed by atoms with Gasteiger partial charge in [0.1, 0.15) is 0 Å². The molecule has 0 aliphatic rings. The standard InChI is InChI=1S/C12H20N4O3/c1-9(6-16-5-4-13-8-16)15-11(19)14-7-12(2,3)10(17)18/h4-5,8-9H,6-7H2,1-3H3,(H,17,18)(H2,14,15,19). The summed E-state index contributed by atoms with van der Waals surface area (Å²) in [5.41, 5.74) is -0.981. The summed E-state index contributed by atoms with van der Waals surface area (Å²) in [6, 6.07) is -0.455. The highest BCUT2D eigenvalue weighted by Crippen LogP contribution is 2.12. The molecule has 0 radical (unpaired) electrons. The van der Waals surface area contributed by atoms with E-state index < -0.39 is 11.4 Å². The van der Waals surface area contributed by atoms with Crippen molar-refractivity contribution in [2.75, 3.05) is 6.54 Å². The van der Waals surface area contributed by atoms with Crippen LogP contribution in [0.1, 0.15) is 20.8 Å². The molecule has 0 saturated carbocycles. The predicted molar refractivity (Wildman–Crippen MR) is 69.6 cm³/mol. The molecule has 0 bridgehead atoms. The van der Waals surface area contributed by atoms with Gasteiger partial charge in [0.25, 0.3) is 0 Å². The van der Waals surface area contributed by atoms with E-state index in [1.807, 2.05) is 17.7 Å². The first-order valence-electron chi connectivity index (χ1n) is 6.05. The van der Waals surface area contributed by atoms with Crippen molar-refractivity contribution in [1.82, 2.24) is 20.2 Å². The van der Waals surface area contributed by atoms with Gasteiger partial charge in [0, 0.05) is 31.5 Å². The summed E-state index contributed by atoms with van der Waals surface area (Å²) in [7, 11) is 0. The summed E-state index contributed by atoms with van der Waals surface area (Å²) in [5, 5.41) is 14.2. The van der Waals surface area contributed by atoms with E-state index in [4.69, 9.17) is 5.11 Å². The number of carboxylic acids is 1. The van der Waals surface area contributed by atoms with Crippen LogP contribution in [0, 0.1) is 5.41 Å². The third kappa shape index (κ3) is 4.99. The quantitative estimate of drug-likeness (QED) is 0.707. The van der Waals surface area contributed by atoms with E-state index >= 15 is 0 Å². The van der Waals surface area contributed by atoms with Crippen LogP contribution in [0.5, 0.6) is 0 Å². The van der Waals surface area contributed by atoms with Crippen LogP contribution >= 0.6 is 0 Å². The lowest BCUT2D eigenvalue weighted by atomic mass is 9.94. The number of carbonyl (C=O) groups is 2. The van der Waals surface area contributed by atoms with Crippen molar-refractivity contribution >= 4 is 12.0 Å². The van der Waals surface area contributed by atoms with Crippen molar-refractivity contribution in [3.05, 3.63) is 18.7 Å². The lowest BCUT2D eigenvalue weighted by Gasteiger charge is -2.21. The van der Waals surface area contributed by atoms with Crippen molar-refractivity contribution in [1.29, 1.82) is 0 Å². The number of hydrogen-bond donors (Lipinski definition) is 3. The van der Waals surface area contributed by atoms with Crippen molar-refractivity contribution in [3.63, 3.8) is 0 Å². The maximum atomic E-state index is 11.6. The fourth-order valence-corrected chi connectivity index (χ4v) is 1.41. The molecule has 1 rings (SSSR count). The fourth-order valence-electron chi connectivity index (χ4n) is 1.41. The van der Waals surface area contributed by atoms with Crippen LogP contribution in [0.4, 0.5) is 4.79 Å². The molecule has 106 valence electrons. The topological polar surface area (TPSA) is 96.3 Å². The highest BCUT2D eigenvalue weighted by molar-refractivity contribution is 5.77. The first-order valence-corrected chi connectivity index (χ1v) is 6.05. The summed E-state index contributed by atoms with van der Waals surface area (Å²) in [6.45, 7) is 5.67. The molecule has 1 aromatic heterocycles. The summed E-state index contributed by atoms with van der Waals surface area (Å²) in [6.07, 6.45) is 5.15. The van der Waals surface area contributed by atoms with Crippen molar-refractivity contribution in [3.8, 4) is 0 Å². The number of carbonyl (C=O) groups excluding carboxylic acids is 1. The zero-order chi connectivity index (χ0) is 14.5. The Kier molecular flexibility index (Phi) is 4.91. The normalized spacial score (nSPS) is 12.8. The van der Waals surface area contributed by atoms with E-state index in [9.17, 15) is 9.59 Å². The van der Waals surface area contributed by atoms with Crippen LogP contribution < -0.4 is 10.6 Å². The Morgan fingerprint density at radius 1 is 1.47 bits per heavy atom. The van der Waals surface area contributed by atoms with Gasteiger partial charge in [0.05, 0.1) is 11.7 Å². The molecule has 3 N–H and O–H groups in total. The van der Waals surface area contributed by atoms with Crippen LogP contribution in [-0.2, 0) is 11.3 Å². The minimum Gasteiger partial charge on any atom is -0.481 e. The molecule has 1 aromatic rings. The molecule has 1 atom stereocenters. The number of urea groups is 1. The van der Waals surface area contributed by atoms with Crippen molar-refractivity contribution in [2.24, 2.45) is 5.41 Å². The average molecular weight is 268 g/mol. The molecular weight excluding hydrogens is 248 g/mol. The molecule has 1 heterocycles. The van der Waals surface area contributed by atoms with Gasteiger partial charge in [-0.25, -0.2) is 9.78 Å². The van der Waals surface area contributed by atoms with Crippen LogP contribution in [0.2, 0.25) is 0 Å². The molecule has 7 heteroatoms. The van der Waals surface area contributed by atoms with E-state index in [1.165, 1.54) is 0 Å². The molecule has 1 unspecified atom stereocenters. The van der Waals surface area contributed by atoms with E-state index in [1.54, 1.807) is 26.4 Å². The van der Waals surface area contributed by atoms with Gasteiger partial charge in [0.15, 0.2) is 0 Å². The predicted octanol–water partition coefficient (Wildman–Crippen LogP) is 0.682. The van der Waals surface area contributed by atoms with Gasteiger partial charge in [-0.2, -0.15) is 0 Å². The van der Waals surface area contributed by atoms with E-state index in [0.717, 1.165) is 0 Å². The number of hydrogen-bond acceptors (Lipinski definition) is 3. The number of carboxylic acid groups (broad SMARTS) is 1. The Bertz CT molecular complexity index is 428. The van der Waals surface area contributed by atoms with Gasteiger partial charge >= 0.3 is 12.0 Å². The van der Waals surface area contributed by atoms with Gasteiger partial charge in [0.2, 0.25) is 0 Å². The second-order valence-electron chi connectivity index (χ2n) is 5.18. The number of amides is 2. The van der Waals surface area contributed by atoms with E-state index in [2.05, 4.69) is 15.6 Å². The Morgan fingerprint density at radius 3 is 2.68 bits per heavy atom. The highest BCUT2D eigenvalue weighted by Gasteiger charge is 2.27. The Hall–Kier alpha value is -2.05. The fraction of sp³-hybridized carbons (Fsp3) is 0.583. The molecule has 0 spiro atoms. The Balaban J connectivity index is 2.33. The molecule has 0 aliphatic heterocycles. The lowest BCUT2D eigenvalue weighted by Crippen LogP contribution is -2.46. The average Bonchev–Trinajstić information content (AvgIpc) is 2.78. The Morgan fingerprint density at radius 2 is 2.16 bits per heavy atom. The highest BCUT2D eigenvalue weighted by atomic mass is 16.4. The molecular formula is C12H20N4O3. The third-order valence-corrected chi connectivity index (χ3v) is 2.69. The molecule has 7 nitrogen and oxygen atoms in total. The van der Waals surface area contributed by atoms with Crippen LogP contribution in [0.15, 0.2) is 18.7 Å². The van der Waals surface area contributed by atoms with Crippen LogP contribution in [0.3, 0.4) is 0 Å². The minimum atomic E-state index is -0.981. The van der Waals surface area contributed by atoms with E-state index in [0.29, 0.717) is 6.54 Å². The molecule has 0 aromatic carbocycles. The van der Waals surface area contributed by atoms with Crippen molar-refractivity contribution in [2.45, 2.75) is 33.4 Å². The van der Waals surface area contributed by atoms with Crippen molar-refractivity contribution < 1.29 is 14.7 Å². The third-order valence-electron chi connectivity index (χ3n) is 2.69. The largest absolute Gasteiger partial charge is 0.481 e. The zero-order valence-electron chi connectivity index (χ0n) is 11.4. The first kappa shape index (κ1) is 15.0. The first-order chi connectivity index (χ1) is 8.81. The van der Waals surface area contributed by atoms with Crippen LogP contribution in [0.25, 0.3) is 0 Å². The summed E-state index contributed by atoms with van der Waals surface area (Å²) in [4.78, 5) is 26.4. The molecule has 0 aliphatic carbocycles. The maximum absolute atomic E-state index is 11.6. The number of nitrogens with zero attached hydrogens (tertiary/aromatic N) is 2. The van der Waals surface area contributed by atoms with Gasteiger partial charge in [-0.1, -0.05) is 0 Å². The maximum Gasteiger partial charge on any atom is 0.315 e. The van der Waals surface area contributed by atoms with E-state index in [-0.39, 0.29) is 18.6 Å². The number of rotatable bonds is 6. The Labute approximate surface area is 112 Å². The molecule has 0 fully saturated rings. The number of aromatic nitrogens is 2. The van der Waals surface area contributed by atoms with Crippen LogP contribution in [-0.4, -0.2) is 39.2 Å². The zero-order valence-corrected chi connectivity index (χ0v) is 11.4. The van der Waals surface area contributed by atoms with Gasteiger partial charge in [-0.05, 0) is 20.8 Å². The summed E-state index contributed by atoms with van der Waals surface area (Å²) in [5.74, 6) is -0.945. The summed E-state index contributed by atoms with van der Waals surface area (Å²) >= 11 is 0. The van der Waals surface area contributed by atoms with Gasteiger partial charge in [-0.15, -0.1) is 0 Å². The minimum absolute atomic E-state index is 0.0754. The molecule has 0 saturated heterocycles. The number of imidazole rings is 1. The second-order valence-corrected chi connectivity index (χ2v) is 5.18. The lowest BCUT2D eigenvalue weighted by molar-refractivity contribution is -0.146. The molecule has 2 amide bonds. The summed E-state index contributed by atoms with van der Waals surface area (Å²) < 4.78 is 1.85. The molecule has 19 heavy (non-hydrogen) atoms. The SMILES string of the molecule is CC(Cn1ccnc1)NC(=O)NCC(C)(C)C(=O)O.